The van der Waals surface area contributed by atoms with Gasteiger partial charge in [0.1, 0.15) is 3.53 Å². The van der Waals surface area contributed by atoms with Gasteiger partial charge in [-0.15, -0.1) is 11.8 Å². The van der Waals surface area contributed by atoms with E-state index in [-0.39, 0.29) is 0 Å². The van der Waals surface area contributed by atoms with Crippen LogP contribution in [0.25, 0.3) is 0 Å². The van der Waals surface area contributed by atoms with Crippen LogP contribution in [0, 0.1) is 6.07 Å². The number of benzene rings is 1. The van der Waals surface area contributed by atoms with Crippen LogP contribution in [0.1, 0.15) is 0 Å². The zero-order chi connectivity index (χ0) is 8.10. The number of hydrogen-bond acceptors (Lipinski definition) is 3. The average molecular weight is 199 g/mol. The molecule has 0 atom stereocenters. The second kappa shape index (κ2) is 4.80. The Morgan fingerprint density at radius 3 is 2.91 bits per heavy atom. The van der Waals surface area contributed by atoms with Crippen molar-refractivity contribution < 1.29 is 0 Å². The Hall–Kier alpha value is 0.01000. The Morgan fingerprint density at radius 1 is 1.55 bits per heavy atom. The quantitative estimate of drug-likeness (QED) is 0.503. The maximum atomic E-state index is 5.04. The fourth-order valence-corrected chi connectivity index (χ4v) is 1.90. The molecule has 0 aromatic heterocycles. The summed E-state index contributed by atoms with van der Waals surface area (Å²) in [5.74, 6) is 0. The molecule has 1 rings (SSSR count). The SMILES string of the molecule is CSC(=S)Sc1[c]cccc1. The fraction of sp³-hybridized carbons (Fsp3) is 0.125. The van der Waals surface area contributed by atoms with Gasteiger partial charge in [-0.05, 0) is 18.4 Å². The van der Waals surface area contributed by atoms with Crippen LogP contribution in [0.4, 0.5) is 0 Å². The highest BCUT2D eigenvalue weighted by molar-refractivity contribution is 8.47. The lowest BCUT2D eigenvalue weighted by Crippen LogP contribution is -1.77. The molecule has 0 aliphatic carbocycles. The van der Waals surface area contributed by atoms with E-state index >= 15 is 0 Å². The van der Waals surface area contributed by atoms with Gasteiger partial charge in [0.05, 0.1) is 0 Å². The van der Waals surface area contributed by atoms with Crippen LogP contribution in [-0.2, 0) is 0 Å². The van der Waals surface area contributed by atoms with Gasteiger partial charge in [0, 0.05) is 4.90 Å². The van der Waals surface area contributed by atoms with Crippen molar-refractivity contribution in [2.45, 2.75) is 4.90 Å². The zero-order valence-corrected chi connectivity index (χ0v) is 8.48. The highest BCUT2D eigenvalue weighted by Crippen LogP contribution is 2.23. The zero-order valence-electron chi connectivity index (χ0n) is 6.03. The van der Waals surface area contributed by atoms with E-state index in [0.29, 0.717) is 0 Å². The third kappa shape index (κ3) is 3.27. The summed E-state index contributed by atoms with van der Waals surface area (Å²) >= 11 is 8.22. The highest BCUT2D eigenvalue weighted by atomic mass is 32.2. The minimum Gasteiger partial charge on any atom is -0.111 e. The lowest BCUT2D eigenvalue weighted by Gasteiger charge is -1.97. The van der Waals surface area contributed by atoms with E-state index in [1.54, 1.807) is 23.5 Å². The van der Waals surface area contributed by atoms with Crippen LogP contribution < -0.4 is 0 Å². The number of thiocarbonyl (C=S) groups is 1. The average Bonchev–Trinajstić information content (AvgIpc) is 2.06. The largest absolute Gasteiger partial charge is 0.111 e. The van der Waals surface area contributed by atoms with Gasteiger partial charge < -0.3 is 0 Å². The van der Waals surface area contributed by atoms with Crippen LogP contribution in [0.5, 0.6) is 0 Å². The van der Waals surface area contributed by atoms with Gasteiger partial charge in [0.25, 0.3) is 0 Å². The number of rotatable bonds is 1. The topological polar surface area (TPSA) is 0 Å². The molecule has 1 aromatic rings. The monoisotopic (exact) mass is 199 g/mol. The summed E-state index contributed by atoms with van der Waals surface area (Å²) in [4.78, 5) is 1.09. The van der Waals surface area contributed by atoms with Crippen molar-refractivity contribution >= 4 is 39.3 Å². The highest BCUT2D eigenvalue weighted by Gasteiger charge is 1.96. The number of thioether (sulfide) groups is 2. The standard InChI is InChI=1S/C8H7S3/c1-10-8(9)11-7-5-3-2-4-6-7/h2-5H,1H3. The third-order valence-corrected chi connectivity index (χ3v) is 3.51. The summed E-state index contributed by atoms with van der Waals surface area (Å²) in [7, 11) is 0. The van der Waals surface area contributed by atoms with Crippen LogP contribution in [-0.4, -0.2) is 9.78 Å². The molecule has 0 saturated carbocycles. The fourth-order valence-electron chi connectivity index (χ4n) is 0.572. The van der Waals surface area contributed by atoms with E-state index in [2.05, 4.69) is 6.07 Å². The molecule has 0 spiro atoms. The summed E-state index contributed by atoms with van der Waals surface area (Å²) in [6.07, 6.45) is 1.98. The van der Waals surface area contributed by atoms with E-state index < -0.39 is 0 Å². The first-order chi connectivity index (χ1) is 5.33. The first-order valence-corrected chi connectivity index (χ1v) is 5.50. The van der Waals surface area contributed by atoms with Gasteiger partial charge >= 0.3 is 0 Å². The third-order valence-electron chi connectivity index (χ3n) is 1.04. The molecule has 0 unspecified atom stereocenters. The molecule has 0 bridgehead atoms. The van der Waals surface area contributed by atoms with Crippen molar-refractivity contribution in [2.24, 2.45) is 0 Å². The van der Waals surface area contributed by atoms with Crippen molar-refractivity contribution in [1.82, 2.24) is 0 Å². The van der Waals surface area contributed by atoms with Crippen molar-refractivity contribution in [3.63, 3.8) is 0 Å². The summed E-state index contributed by atoms with van der Waals surface area (Å²) < 4.78 is 0.937. The molecule has 0 fully saturated rings. The van der Waals surface area contributed by atoms with Crippen LogP contribution in [0.3, 0.4) is 0 Å². The van der Waals surface area contributed by atoms with Crippen LogP contribution >= 0.6 is 35.7 Å². The summed E-state index contributed by atoms with van der Waals surface area (Å²) in [6, 6.07) is 10.9. The van der Waals surface area contributed by atoms with Gasteiger partial charge in [-0.25, -0.2) is 0 Å². The van der Waals surface area contributed by atoms with Crippen LogP contribution in [0.15, 0.2) is 29.2 Å². The van der Waals surface area contributed by atoms with Gasteiger partial charge in [-0.1, -0.05) is 42.2 Å². The molecule has 1 aromatic carbocycles. The van der Waals surface area contributed by atoms with Crippen molar-refractivity contribution in [1.29, 1.82) is 0 Å². The first kappa shape index (κ1) is 9.10. The van der Waals surface area contributed by atoms with Gasteiger partial charge in [0.15, 0.2) is 0 Å². The van der Waals surface area contributed by atoms with Gasteiger partial charge in [0.2, 0.25) is 0 Å². The Kier molecular flexibility index (Phi) is 3.97. The predicted molar refractivity (Wildman–Crippen MR) is 57.2 cm³/mol. The molecule has 0 amide bonds. The lowest BCUT2D eigenvalue weighted by atomic mass is 10.4. The molecule has 3 heteroatoms. The minimum absolute atomic E-state index is 0.937. The Balaban J connectivity index is 2.58. The second-order valence-electron chi connectivity index (χ2n) is 1.78. The normalized spacial score (nSPS) is 9.55. The molecule has 0 aliphatic heterocycles. The number of hydrogen-bond donors (Lipinski definition) is 0. The maximum Gasteiger partial charge on any atom is 0.108 e. The van der Waals surface area contributed by atoms with Crippen molar-refractivity contribution in [3.8, 4) is 0 Å². The molecule has 57 valence electrons. The Labute approximate surface area is 80.8 Å². The van der Waals surface area contributed by atoms with E-state index in [4.69, 9.17) is 12.2 Å². The maximum absolute atomic E-state index is 5.04. The second-order valence-corrected chi connectivity index (χ2v) is 4.84. The summed E-state index contributed by atoms with van der Waals surface area (Å²) in [6.45, 7) is 0. The Bertz CT molecular complexity index is 230. The van der Waals surface area contributed by atoms with Gasteiger partial charge in [-0.2, -0.15) is 0 Å². The van der Waals surface area contributed by atoms with E-state index in [1.165, 1.54) is 0 Å². The van der Waals surface area contributed by atoms with Gasteiger partial charge in [-0.3, -0.25) is 0 Å². The predicted octanol–water partition coefficient (Wildman–Crippen LogP) is 3.23. The first-order valence-electron chi connectivity index (χ1n) is 3.05. The van der Waals surface area contributed by atoms with E-state index in [1.807, 2.05) is 30.5 Å². The summed E-state index contributed by atoms with van der Waals surface area (Å²) in [5.41, 5.74) is 0. The molecule has 1 radical (unpaired) electrons. The molecule has 0 heterocycles. The molecule has 11 heavy (non-hydrogen) atoms. The van der Waals surface area contributed by atoms with Crippen molar-refractivity contribution in [2.75, 3.05) is 6.26 Å². The van der Waals surface area contributed by atoms with E-state index in [9.17, 15) is 0 Å². The Morgan fingerprint density at radius 2 is 2.36 bits per heavy atom. The van der Waals surface area contributed by atoms with Crippen molar-refractivity contribution in [3.05, 3.63) is 30.3 Å². The molecule has 0 N–H and O–H groups in total. The smallest absolute Gasteiger partial charge is 0.108 e. The molecule has 0 saturated heterocycles. The molecular weight excluding hydrogens is 192 g/mol. The summed E-state index contributed by atoms with van der Waals surface area (Å²) in [5, 5.41) is 0. The van der Waals surface area contributed by atoms with E-state index in [0.717, 1.165) is 8.42 Å². The lowest BCUT2D eigenvalue weighted by molar-refractivity contribution is 1.46. The molecule has 0 aliphatic rings. The molecular formula is C8H7S3. The van der Waals surface area contributed by atoms with Crippen LogP contribution in [0.2, 0.25) is 0 Å². The minimum atomic E-state index is 0.937. The molecule has 0 nitrogen and oxygen atoms in total.